The van der Waals surface area contributed by atoms with E-state index in [1.165, 1.54) is 0 Å². The van der Waals surface area contributed by atoms with Crippen molar-refractivity contribution in [3.63, 3.8) is 0 Å². The molecule has 0 bridgehead atoms. The second kappa shape index (κ2) is 10.5. The molecule has 182 valence electrons. The zero-order valence-corrected chi connectivity index (χ0v) is 20.1. The average Bonchev–Trinajstić information content (AvgIpc) is 2.78. The van der Waals surface area contributed by atoms with Gasteiger partial charge >= 0.3 is 200 Å². The Morgan fingerprint density at radius 3 is 1.37 bits per heavy atom. The van der Waals surface area contributed by atoms with Gasteiger partial charge in [0.25, 0.3) is 0 Å². The van der Waals surface area contributed by atoms with Crippen LogP contribution in [0.1, 0.15) is 0 Å². The summed E-state index contributed by atoms with van der Waals surface area (Å²) in [5, 5.41) is 0.900. The van der Waals surface area contributed by atoms with Crippen LogP contribution < -0.4 is 21.2 Å². The molecular weight excluding hydrogens is 504 g/mol. The van der Waals surface area contributed by atoms with Crippen LogP contribution in [0.3, 0.4) is 0 Å². The average molecular weight is 524 g/mol. The van der Waals surface area contributed by atoms with Crippen LogP contribution >= 0.6 is 15.4 Å². The van der Waals surface area contributed by atoms with E-state index in [9.17, 15) is 31.2 Å². The first-order valence-electron chi connectivity index (χ1n) is 10.6. The van der Waals surface area contributed by atoms with Gasteiger partial charge in [-0.2, -0.15) is 0 Å². The Morgan fingerprint density at radius 2 is 0.943 bits per heavy atom. The normalized spacial score (nSPS) is 12.2. The van der Waals surface area contributed by atoms with Crippen molar-refractivity contribution in [1.29, 1.82) is 0 Å². The van der Waals surface area contributed by atoms with Crippen molar-refractivity contribution < 1.29 is 31.2 Å². The molecule has 0 amide bonds. The monoisotopic (exact) mass is 524 g/mol. The molecule has 0 aliphatic rings. The molecule has 9 heteroatoms. The molecule has 35 heavy (non-hydrogen) atoms. The molecule has 0 heterocycles. The number of hydrogen-bond donors (Lipinski definition) is 1. The van der Waals surface area contributed by atoms with Crippen molar-refractivity contribution >= 4 is 36.6 Å². The SMILES string of the molecule is O[PH](CCP(c1cc(F)cc(F)c1)c1cc(F)cc(F)c1)(c1ccccc1)c1cc(F)cc(F)c1. The Balaban J connectivity index is 1.81. The molecule has 0 spiro atoms. The molecule has 0 saturated carbocycles. The van der Waals surface area contributed by atoms with Crippen molar-refractivity contribution in [1.82, 2.24) is 0 Å². The minimum atomic E-state index is -3.79. The van der Waals surface area contributed by atoms with E-state index in [0.717, 1.165) is 36.4 Å². The molecule has 1 nitrogen and oxygen atoms in total. The minimum absolute atomic E-state index is 0.0259. The van der Waals surface area contributed by atoms with E-state index in [1.807, 2.05) is 0 Å². The van der Waals surface area contributed by atoms with Crippen molar-refractivity contribution in [2.24, 2.45) is 0 Å². The number of hydrogen-bond acceptors (Lipinski definition) is 1. The van der Waals surface area contributed by atoms with Gasteiger partial charge in [-0.1, -0.05) is 0 Å². The summed E-state index contributed by atoms with van der Waals surface area (Å²) in [5.41, 5.74) is 0. The fourth-order valence-corrected chi connectivity index (χ4v) is 10.6. The zero-order chi connectivity index (χ0) is 25.2. The van der Waals surface area contributed by atoms with Gasteiger partial charge in [0.1, 0.15) is 0 Å². The van der Waals surface area contributed by atoms with Gasteiger partial charge in [-0.15, -0.1) is 0 Å². The van der Waals surface area contributed by atoms with Crippen LogP contribution in [0.5, 0.6) is 0 Å². The molecule has 0 aliphatic carbocycles. The number of rotatable bonds is 7. The van der Waals surface area contributed by atoms with Gasteiger partial charge in [0.15, 0.2) is 0 Å². The van der Waals surface area contributed by atoms with Crippen molar-refractivity contribution in [2.75, 3.05) is 12.3 Å². The van der Waals surface area contributed by atoms with E-state index < -0.39 is 50.3 Å². The predicted octanol–water partition coefficient (Wildman–Crippen LogP) is 5.26. The second-order valence-electron chi connectivity index (χ2n) is 8.04. The Morgan fingerprint density at radius 1 is 0.543 bits per heavy atom. The first kappa shape index (κ1) is 25.4. The van der Waals surface area contributed by atoms with Gasteiger partial charge in [-0.25, -0.2) is 0 Å². The first-order valence-corrected chi connectivity index (χ1v) is 14.3. The summed E-state index contributed by atoms with van der Waals surface area (Å²) in [6.07, 6.45) is 0.0265. The van der Waals surface area contributed by atoms with Crippen LogP contribution in [0, 0.1) is 34.9 Å². The van der Waals surface area contributed by atoms with Gasteiger partial charge < -0.3 is 0 Å². The fourth-order valence-electron chi connectivity index (χ4n) is 4.03. The van der Waals surface area contributed by atoms with Gasteiger partial charge in [-0.05, 0) is 0 Å². The van der Waals surface area contributed by atoms with Gasteiger partial charge in [0, 0.05) is 0 Å². The Bertz CT molecular complexity index is 1240. The number of halogens is 6. The molecule has 0 aromatic heterocycles. The first-order chi connectivity index (χ1) is 16.6. The van der Waals surface area contributed by atoms with E-state index in [0.29, 0.717) is 23.5 Å². The summed E-state index contributed by atoms with van der Waals surface area (Å²) in [7, 11) is -5.54. The summed E-state index contributed by atoms with van der Waals surface area (Å²) >= 11 is 0. The van der Waals surface area contributed by atoms with E-state index in [2.05, 4.69) is 0 Å². The van der Waals surface area contributed by atoms with Crippen molar-refractivity contribution in [2.45, 2.75) is 0 Å². The van der Waals surface area contributed by atoms with Crippen molar-refractivity contribution in [3.8, 4) is 0 Å². The van der Waals surface area contributed by atoms with E-state index in [4.69, 9.17) is 0 Å². The summed E-state index contributed by atoms with van der Waals surface area (Å²) in [6.45, 7) is 0. The summed E-state index contributed by atoms with van der Waals surface area (Å²) < 4.78 is 84.4. The maximum absolute atomic E-state index is 14.1. The molecule has 4 rings (SSSR count). The number of benzene rings is 4. The van der Waals surface area contributed by atoms with Crippen LogP contribution in [-0.2, 0) is 0 Å². The van der Waals surface area contributed by atoms with E-state index in [-0.39, 0.29) is 28.2 Å². The van der Waals surface area contributed by atoms with Crippen LogP contribution in [0.4, 0.5) is 26.3 Å². The van der Waals surface area contributed by atoms with Crippen LogP contribution in [-0.4, -0.2) is 17.2 Å². The third-order valence-corrected chi connectivity index (χ3v) is 12.0. The standard InChI is InChI=1S/C26H20F6OP2/c27-17-8-18(28)12-23(11-17)34(24-13-19(29)9-20(30)14-24)6-7-35(33,25-4-2-1-3-5-25)26-15-21(31)10-22(32)16-26/h1-5,8-16,33,35H,6-7H2. The van der Waals surface area contributed by atoms with Crippen LogP contribution in [0.25, 0.3) is 0 Å². The van der Waals surface area contributed by atoms with E-state index >= 15 is 0 Å². The van der Waals surface area contributed by atoms with Gasteiger partial charge in [-0.3, -0.25) is 0 Å². The third kappa shape index (κ3) is 5.92. The van der Waals surface area contributed by atoms with Crippen molar-refractivity contribution in [3.05, 3.63) is 120 Å². The molecule has 4 aromatic rings. The van der Waals surface area contributed by atoms with Gasteiger partial charge in [0.05, 0.1) is 0 Å². The Labute approximate surface area is 200 Å². The Hall–Kier alpha value is -2.72. The summed E-state index contributed by atoms with van der Waals surface area (Å²) in [4.78, 5) is 11.9. The summed E-state index contributed by atoms with van der Waals surface area (Å²) in [6, 6.07) is 16.9. The predicted molar refractivity (Wildman–Crippen MR) is 131 cm³/mol. The molecule has 0 unspecified atom stereocenters. The summed E-state index contributed by atoms with van der Waals surface area (Å²) in [5.74, 6) is -5.13. The fraction of sp³-hybridized carbons (Fsp3) is 0.0769. The van der Waals surface area contributed by atoms with Crippen LogP contribution in [0.2, 0.25) is 0 Å². The molecule has 0 fully saturated rings. The van der Waals surface area contributed by atoms with Crippen LogP contribution in [0.15, 0.2) is 84.9 Å². The maximum atomic E-state index is 14.1. The quantitative estimate of drug-likeness (QED) is 0.258. The molecule has 0 radical (unpaired) electrons. The molecular formula is C26H20F6OP2. The van der Waals surface area contributed by atoms with Gasteiger partial charge in [0.2, 0.25) is 0 Å². The topological polar surface area (TPSA) is 20.2 Å². The molecule has 4 aromatic carbocycles. The Kier molecular flexibility index (Phi) is 7.61. The zero-order valence-electron chi connectivity index (χ0n) is 18.2. The molecule has 0 saturated heterocycles. The molecule has 1 N–H and O–H groups in total. The molecule has 0 aliphatic heterocycles. The van der Waals surface area contributed by atoms with E-state index in [1.54, 1.807) is 30.3 Å². The second-order valence-corrected chi connectivity index (χ2v) is 13.8. The third-order valence-electron chi connectivity index (χ3n) is 5.61. The molecule has 0 atom stereocenters.